The van der Waals surface area contributed by atoms with Crippen LogP contribution in [0.25, 0.3) is 22.0 Å². The number of rotatable bonds is 1. The van der Waals surface area contributed by atoms with Gasteiger partial charge >= 0.3 is 0 Å². The van der Waals surface area contributed by atoms with E-state index < -0.39 is 0 Å². The molecule has 0 fully saturated rings. The van der Waals surface area contributed by atoms with Gasteiger partial charge in [0, 0.05) is 10.9 Å². The quantitative estimate of drug-likeness (QED) is 0.559. The molecule has 0 saturated carbocycles. The molecule has 3 rings (SSSR count). The first kappa shape index (κ1) is 9.72. The maximum Gasteiger partial charge on any atom is 0.165 e. The minimum absolute atomic E-state index is 0.0936. The van der Waals surface area contributed by atoms with Crippen LogP contribution in [0.4, 0.5) is 0 Å². The van der Waals surface area contributed by atoms with Crippen molar-refractivity contribution in [1.82, 2.24) is 9.97 Å². The molecule has 3 aromatic rings. The van der Waals surface area contributed by atoms with Crippen LogP contribution >= 0.6 is 0 Å². The Labute approximate surface area is 97.2 Å². The highest BCUT2D eigenvalue weighted by Gasteiger charge is 2.09. The molecule has 0 bridgehead atoms. The van der Waals surface area contributed by atoms with Crippen LogP contribution in [0.15, 0.2) is 42.9 Å². The highest BCUT2D eigenvalue weighted by atomic mass is 16.3. The van der Waals surface area contributed by atoms with Crippen molar-refractivity contribution >= 4 is 10.8 Å². The van der Waals surface area contributed by atoms with Crippen LogP contribution < -0.4 is 0 Å². The first-order valence-corrected chi connectivity index (χ1v) is 5.20. The van der Waals surface area contributed by atoms with Crippen molar-refractivity contribution < 1.29 is 10.2 Å². The number of benzene rings is 2. The number of H-pyrrole nitrogens is 1. The topological polar surface area (TPSA) is 69.1 Å². The van der Waals surface area contributed by atoms with Gasteiger partial charge in [-0.2, -0.15) is 0 Å². The van der Waals surface area contributed by atoms with E-state index in [1.807, 2.05) is 12.1 Å². The molecule has 0 atom stereocenters. The van der Waals surface area contributed by atoms with Gasteiger partial charge in [-0.25, -0.2) is 4.98 Å². The lowest BCUT2D eigenvalue weighted by Crippen LogP contribution is -1.82. The van der Waals surface area contributed by atoms with Gasteiger partial charge < -0.3 is 15.2 Å². The normalized spacial score (nSPS) is 10.8. The summed E-state index contributed by atoms with van der Waals surface area (Å²) in [6.45, 7) is 0. The van der Waals surface area contributed by atoms with Gasteiger partial charge in [0.25, 0.3) is 0 Å². The molecule has 0 amide bonds. The van der Waals surface area contributed by atoms with E-state index in [1.165, 1.54) is 6.07 Å². The molecule has 84 valence electrons. The highest BCUT2D eigenvalue weighted by Crippen LogP contribution is 2.37. The van der Waals surface area contributed by atoms with Gasteiger partial charge in [-0.3, -0.25) is 0 Å². The second-order valence-corrected chi connectivity index (χ2v) is 3.80. The van der Waals surface area contributed by atoms with Crippen LogP contribution in [0.2, 0.25) is 0 Å². The lowest BCUT2D eigenvalue weighted by atomic mass is 10.0. The minimum Gasteiger partial charge on any atom is -0.504 e. The number of fused-ring (bicyclic) bond motifs is 1. The summed E-state index contributed by atoms with van der Waals surface area (Å²) in [5.41, 5.74) is 1.82. The second kappa shape index (κ2) is 3.52. The second-order valence-electron chi connectivity index (χ2n) is 3.80. The molecular formula is C13H10N2O2. The monoisotopic (exact) mass is 226 g/mol. The summed E-state index contributed by atoms with van der Waals surface area (Å²) >= 11 is 0. The zero-order valence-electron chi connectivity index (χ0n) is 8.88. The SMILES string of the molecule is Oc1ccc2c(-c3cnc[nH]3)cccc2c1O. The molecule has 4 nitrogen and oxygen atoms in total. The van der Waals surface area contributed by atoms with Gasteiger partial charge in [-0.1, -0.05) is 18.2 Å². The third-order valence-corrected chi connectivity index (χ3v) is 2.80. The predicted molar refractivity (Wildman–Crippen MR) is 64.9 cm³/mol. The van der Waals surface area contributed by atoms with Crippen molar-refractivity contribution in [2.75, 3.05) is 0 Å². The molecule has 0 aliphatic rings. The number of phenols is 2. The van der Waals surface area contributed by atoms with E-state index in [0.29, 0.717) is 5.39 Å². The van der Waals surface area contributed by atoms with E-state index in [2.05, 4.69) is 9.97 Å². The number of hydrogen-bond donors (Lipinski definition) is 3. The highest BCUT2D eigenvalue weighted by molar-refractivity contribution is 6.00. The third kappa shape index (κ3) is 1.42. The lowest BCUT2D eigenvalue weighted by molar-refractivity contribution is 0.408. The van der Waals surface area contributed by atoms with Crippen molar-refractivity contribution in [2.24, 2.45) is 0 Å². The van der Waals surface area contributed by atoms with Gasteiger partial charge in [0.05, 0.1) is 18.2 Å². The molecule has 0 unspecified atom stereocenters. The first-order chi connectivity index (χ1) is 8.27. The molecule has 2 aromatic carbocycles. The zero-order chi connectivity index (χ0) is 11.8. The van der Waals surface area contributed by atoms with Gasteiger partial charge in [0.2, 0.25) is 0 Å². The van der Waals surface area contributed by atoms with Crippen molar-refractivity contribution in [2.45, 2.75) is 0 Å². The van der Waals surface area contributed by atoms with E-state index >= 15 is 0 Å². The Balaban J connectivity index is 2.38. The number of imidazole rings is 1. The minimum atomic E-state index is -0.112. The number of aromatic hydroxyl groups is 2. The Hall–Kier alpha value is -2.49. The Kier molecular flexibility index (Phi) is 2.01. The summed E-state index contributed by atoms with van der Waals surface area (Å²) in [5.74, 6) is -0.205. The Morgan fingerprint density at radius 1 is 1.00 bits per heavy atom. The Morgan fingerprint density at radius 2 is 1.88 bits per heavy atom. The maximum absolute atomic E-state index is 9.80. The Morgan fingerprint density at radius 3 is 2.65 bits per heavy atom. The van der Waals surface area contributed by atoms with Crippen molar-refractivity contribution in [3.8, 4) is 22.8 Å². The lowest BCUT2D eigenvalue weighted by Gasteiger charge is -2.07. The molecule has 4 heteroatoms. The van der Waals surface area contributed by atoms with Crippen molar-refractivity contribution in [1.29, 1.82) is 0 Å². The number of hydrogen-bond acceptors (Lipinski definition) is 3. The fourth-order valence-corrected chi connectivity index (χ4v) is 1.97. The molecule has 0 spiro atoms. The standard InChI is InChI=1S/C13H10N2O2/c16-12-5-4-8-9(11-6-14-7-15-11)2-1-3-10(8)13(12)17/h1-7,16-17H,(H,14,15). The first-order valence-electron chi connectivity index (χ1n) is 5.20. The molecule has 1 heterocycles. The summed E-state index contributed by atoms with van der Waals surface area (Å²) in [4.78, 5) is 7.00. The fraction of sp³-hybridized carbons (Fsp3) is 0. The van der Waals surface area contributed by atoms with Gasteiger partial charge in [0.15, 0.2) is 11.5 Å². The van der Waals surface area contributed by atoms with Gasteiger partial charge in [0.1, 0.15) is 0 Å². The molecule has 0 aliphatic heterocycles. The molecule has 0 saturated heterocycles. The van der Waals surface area contributed by atoms with E-state index in [4.69, 9.17) is 0 Å². The summed E-state index contributed by atoms with van der Waals surface area (Å²) < 4.78 is 0. The van der Waals surface area contributed by atoms with Crippen LogP contribution in [-0.2, 0) is 0 Å². The largest absolute Gasteiger partial charge is 0.504 e. The smallest absolute Gasteiger partial charge is 0.165 e. The van der Waals surface area contributed by atoms with Crippen LogP contribution in [-0.4, -0.2) is 20.2 Å². The zero-order valence-corrected chi connectivity index (χ0v) is 8.88. The van der Waals surface area contributed by atoms with Crippen LogP contribution in [0.3, 0.4) is 0 Å². The van der Waals surface area contributed by atoms with Crippen molar-refractivity contribution in [3.63, 3.8) is 0 Å². The third-order valence-electron chi connectivity index (χ3n) is 2.80. The predicted octanol–water partition coefficient (Wildman–Crippen LogP) is 2.64. The molecule has 0 aliphatic carbocycles. The molecular weight excluding hydrogens is 216 g/mol. The van der Waals surface area contributed by atoms with Crippen molar-refractivity contribution in [3.05, 3.63) is 42.9 Å². The molecule has 17 heavy (non-hydrogen) atoms. The number of aromatic amines is 1. The maximum atomic E-state index is 9.80. The summed E-state index contributed by atoms with van der Waals surface area (Å²) in [5, 5.41) is 20.8. The summed E-state index contributed by atoms with van der Waals surface area (Å²) in [6.07, 6.45) is 3.33. The molecule has 1 aromatic heterocycles. The Bertz CT molecular complexity index is 675. The van der Waals surface area contributed by atoms with E-state index in [-0.39, 0.29) is 11.5 Å². The average Bonchev–Trinajstić information content (AvgIpc) is 2.87. The van der Waals surface area contributed by atoms with Gasteiger partial charge in [-0.15, -0.1) is 0 Å². The van der Waals surface area contributed by atoms with E-state index in [9.17, 15) is 10.2 Å². The number of nitrogens with zero attached hydrogens (tertiary/aromatic N) is 1. The molecule has 0 radical (unpaired) electrons. The number of phenolic OH excluding ortho intramolecular Hbond substituents is 2. The van der Waals surface area contributed by atoms with E-state index in [0.717, 1.165) is 16.6 Å². The number of nitrogens with one attached hydrogen (secondary N) is 1. The van der Waals surface area contributed by atoms with Gasteiger partial charge in [-0.05, 0) is 17.5 Å². The summed E-state index contributed by atoms with van der Waals surface area (Å²) in [7, 11) is 0. The summed E-state index contributed by atoms with van der Waals surface area (Å²) in [6, 6.07) is 8.80. The molecule has 3 N–H and O–H groups in total. The van der Waals surface area contributed by atoms with Crippen LogP contribution in [0.5, 0.6) is 11.5 Å². The fourth-order valence-electron chi connectivity index (χ4n) is 1.97. The van der Waals surface area contributed by atoms with Crippen LogP contribution in [0.1, 0.15) is 0 Å². The van der Waals surface area contributed by atoms with E-state index in [1.54, 1.807) is 24.7 Å². The number of aromatic nitrogens is 2. The van der Waals surface area contributed by atoms with Crippen LogP contribution in [0, 0.1) is 0 Å². The average molecular weight is 226 g/mol.